The lowest BCUT2D eigenvalue weighted by Gasteiger charge is -2.09. The number of nitrogens with zero attached hydrogens (tertiary/aromatic N) is 4. The van der Waals surface area contributed by atoms with Crippen LogP contribution in [0, 0.1) is 13.8 Å². The van der Waals surface area contributed by atoms with Crippen molar-refractivity contribution in [3.8, 4) is 5.69 Å². The molecule has 144 valence electrons. The van der Waals surface area contributed by atoms with E-state index in [4.69, 9.17) is 0 Å². The van der Waals surface area contributed by atoms with Crippen molar-refractivity contribution >= 4 is 35.0 Å². The van der Waals surface area contributed by atoms with Gasteiger partial charge in [-0.2, -0.15) is 4.68 Å². The first-order valence-corrected chi connectivity index (χ1v) is 9.57. The third kappa shape index (κ3) is 4.95. The van der Waals surface area contributed by atoms with Crippen LogP contribution in [-0.4, -0.2) is 37.8 Å². The van der Waals surface area contributed by atoms with Crippen LogP contribution >= 0.6 is 11.8 Å². The Kier molecular flexibility index (Phi) is 6.05. The van der Waals surface area contributed by atoms with Gasteiger partial charge in [-0.05, 0) is 59.7 Å². The second-order valence-electron chi connectivity index (χ2n) is 6.26. The molecule has 1 heterocycles. The number of tetrazole rings is 1. The second kappa shape index (κ2) is 8.66. The Labute approximate surface area is 166 Å². The Balaban J connectivity index is 1.66. The summed E-state index contributed by atoms with van der Waals surface area (Å²) in [6, 6.07) is 13.0. The lowest BCUT2D eigenvalue weighted by atomic mass is 10.1. The zero-order chi connectivity index (χ0) is 20.1. The summed E-state index contributed by atoms with van der Waals surface area (Å²) in [5.41, 5.74) is 4.25. The van der Waals surface area contributed by atoms with Crippen LogP contribution in [0.25, 0.3) is 5.69 Å². The number of aryl methyl sites for hydroxylation is 2. The highest BCUT2D eigenvalue weighted by Gasteiger charge is 2.13. The molecule has 2 aromatic carbocycles. The molecule has 8 nitrogen and oxygen atoms in total. The van der Waals surface area contributed by atoms with E-state index in [0.29, 0.717) is 16.5 Å². The minimum absolute atomic E-state index is 0.148. The molecule has 2 amide bonds. The standard InChI is InChI=1S/C19H20N6O2S/c1-12-7-8-13(2)17(9-12)25-19(22-23-24-25)28-11-18(27)21-16-6-4-5-15(10-16)20-14(3)26/h4-10H,11H2,1-3H3,(H,20,26)(H,21,27). The highest BCUT2D eigenvalue weighted by atomic mass is 32.2. The van der Waals surface area contributed by atoms with Crippen LogP contribution in [0.15, 0.2) is 47.6 Å². The highest BCUT2D eigenvalue weighted by molar-refractivity contribution is 7.99. The Hall–Kier alpha value is -3.20. The number of anilines is 2. The van der Waals surface area contributed by atoms with Gasteiger partial charge in [-0.3, -0.25) is 9.59 Å². The molecule has 0 spiro atoms. The lowest BCUT2D eigenvalue weighted by molar-refractivity contribution is -0.114. The summed E-state index contributed by atoms with van der Waals surface area (Å²) < 4.78 is 1.64. The highest BCUT2D eigenvalue weighted by Crippen LogP contribution is 2.22. The van der Waals surface area contributed by atoms with Crippen LogP contribution in [-0.2, 0) is 9.59 Å². The van der Waals surface area contributed by atoms with E-state index in [1.807, 2.05) is 32.0 Å². The number of thioether (sulfide) groups is 1. The van der Waals surface area contributed by atoms with Crippen LogP contribution in [0.3, 0.4) is 0 Å². The molecule has 0 aliphatic heterocycles. The smallest absolute Gasteiger partial charge is 0.234 e. The van der Waals surface area contributed by atoms with Gasteiger partial charge in [-0.1, -0.05) is 30.0 Å². The Morgan fingerprint density at radius 2 is 1.82 bits per heavy atom. The minimum Gasteiger partial charge on any atom is -0.326 e. The Morgan fingerprint density at radius 3 is 2.57 bits per heavy atom. The van der Waals surface area contributed by atoms with Crippen molar-refractivity contribution in [1.29, 1.82) is 0 Å². The molecule has 0 unspecified atom stereocenters. The maximum Gasteiger partial charge on any atom is 0.234 e. The number of hydrogen-bond donors (Lipinski definition) is 2. The Morgan fingerprint density at radius 1 is 1.07 bits per heavy atom. The van der Waals surface area contributed by atoms with Crippen molar-refractivity contribution in [2.24, 2.45) is 0 Å². The van der Waals surface area contributed by atoms with Crippen molar-refractivity contribution in [2.75, 3.05) is 16.4 Å². The fraction of sp³-hybridized carbons (Fsp3) is 0.211. The molecular weight excluding hydrogens is 376 g/mol. The van der Waals surface area contributed by atoms with Crippen LogP contribution in [0.2, 0.25) is 0 Å². The van der Waals surface area contributed by atoms with Crippen LogP contribution in [0.4, 0.5) is 11.4 Å². The fourth-order valence-electron chi connectivity index (χ4n) is 2.57. The number of hydrogen-bond acceptors (Lipinski definition) is 6. The van der Waals surface area contributed by atoms with Gasteiger partial charge in [0.15, 0.2) is 0 Å². The molecule has 2 N–H and O–H groups in total. The van der Waals surface area contributed by atoms with Crippen molar-refractivity contribution in [3.05, 3.63) is 53.6 Å². The summed E-state index contributed by atoms with van der Waals surface area (Å²) in [6.07, 6.45) is 0. The molecule has 0 aliphatic carbocycles. The molecule has 3 rings (SSSR count). The first-order chi connectivity index (χ1) is 13.4. The van der Waals surface area contributed by atoms with Crippen LogP contribution in [0.5, 0.6) is 0 Å². The molecule has 0 saturated heterocycles. The predicted octanol–water partition coefficient (Wildman–Crippen LogP) is 2.97. The van der Waals surface area contributed by atoms with Crippen molar-refractivity contribution in [1.82, 2.24) is 20.2 Å². The lowest BCUT2D eigenvalue weighted by Crippen LogP contribution is -2.15. The predicted molar refractivity (Wildman–Crippen MR) is 109 cm³/mol. The van der Waals surface area contributed by atoms with Crippen LogP contribution in [0.1, 0.15) is 18.1 Å². The molecule has 0 fully saturated rings. The van der Waals surface area contributed by atoms with Crippen molar-refractivity contribution in [2.45, 2.75) is 25.9 Å². The van der Waals surface area contributed by atoms with E-state index in [1.54, 1.807) is 28.9 Å². The molecular formula is C19H20N6O2S. The number of amides is 2. The SMILES string of the molecule is CC(=O)Nc1cccc(NC(=O)CSc2nnnn2-c2cc(C)ccc2C)c1. The summed E-state index contributed by atoms with van der Waals surface area (Å²) in [5, 5.41) is 17.8. The molecule has 9 heteroatoms. The topological polar surface area (TPSA) is 102 Å². The van der Waals surface area contributed by atoms with Gasteiger partial charge < -0.3 is 10.6 Å². The number of benzene rings is 2. The zero-order valence-corrected chi connectivity index (χ0v) is 16.6. The van der Waals surface area contributed by atoms with Gasteiger partial charge in [-0.15, -0.1) is 5.10 Å². The van der Waals surface area contributed by atoms with E-state index in [-0.39, 0.29) is 17.6 Å². The van der Waals surface area contributed by atoms with E-state index in [2.05, 4.69) is 26.2 Å². The van der Waals surface area contributed by atoms with E-state index < -0.39 is 0 Å². The molecule has 3 aromatic rings. The number of carbonyl (C=O) groups is 2. The van der Waals surface area contributed by atoms with E-state index >= 15 is 0 Å². The van der Waals surface area contributed by atoms with Gasteiger partial charge >= 0.3 is 0 Å². The van der Waals surface area contributed by atoms with Crippen molar-refractivity contribution < 1.29 is 9.59 Å². The number of nitrogens with one attached hydrogen (secondary N) is 2. The van der Waals surface area contributed by atoms with Crippen molar-refractivity contribution in [3.63, 3.8) is 0 Å². The largest absolute Gasteiger partial charge is 0.326 e. The summed E-state index contributed by atoms with van der Waals surface area (Å²) >= 11 is 1.25. The number of carbonyl (C=O) groups excluding carboxylic acids is 2. The van der Waals surface area contributed by atoms with Gasteiger partial charge in [0, 0.05) is 18.3 Å². The van der Waals surface area contributed by atoms with Gasteiger partial charge in [0.2, 0.25) is 17.0 Å². The molecule has 0 bridgehead atoms. The number of rotatable bonds is 6. The van der Waals surface area contributed by atoms with Gasteiger partial charge in [-0.25, -0.2) is 0 Å². The Bertz CT molecular complexity index is 1020. The maximum atomic E-state index is 12.3. The van der Waals surface area contributed by atoms with Crippen LogP contribution < -0.4 is 10.6 Å². The average Bonchev–Trinajstić information content (AvgIpc) is 3.10. The quantitative estimate of drug-likeness (QED) is 0.621. The molecule has 1 aromatic heterocycles. The fourth-order valence-corrected chi connectivity index (χ4v) is 3.26. The molecule has 0 radical (unpaired) electrons. The van der Waals surface area contributed by atoms with E-state index in [9.17, 15) is 9.59 Å². The summed E-state index contributed by atoms with van der Waals surface area (Å²) in [5.74, 6) is -0.215. The normalized spacial score (nSPS) is 10.5. The minimum atomic E-state index is -0.194. The van der Waals surface area contributed by atoms with Gasteiger partial charge in [0.25, 0.3) is 0 Å². The third-order valence-corrected chi connectivity index (χ3v) is 4.75. The maximum absolute atomic E-state index is 12.3. The summed E-state index contributed by atoms with van der Waals surface area (Å²) in [7, 11) is 0. The molecule has 0 aliphatic rings. The zero-order valence-electron chi connectivity index (χ0n) is 15.8. The first kappa shape index (κ1) is 19.6. The average molecular weight is 396 g/mol. The first-order valence-electron chi connectivity index (χ1n) is 8.58. The molecule has 28 heavy (non-hydrogen) atoms. The van der Waals surface area contributed by atoms with Gasteiger partial charge in [0.05, 0.1) is 11.4 Å². The summed E-state index contributed by atoms with van der Waals surface area (Å²) in [4.78, 5) is 23.5. The monoisotopic (exact) mass is 396 g/mol. The molecule has 0 atom stereocenters. The molecule has 0 saturated carbocycles. The number of aromatic nitrogens is 4. The van der Waals surface area contributed by atoms with Gasteiger partial charge in [0.1, 0.15) is 0 Å². The third-order valence-electron chi connectivity index (χ3n) is 3.83. The van der Waals surface area contributed by atoms with E-state index in [0.717, 1.165) is 16.8 Å². The van der Waals surface area contributed by atoms with E-state index in [1.165, 1.54) is 18.7 Å². The second-order valence-corrected chi connectivity index (χ2v) is 7.20. The summed E-state index contributed by atoms with van der Waals surface area (Å²) in [6.45, 7) is 5.42.